The van der Waals surface area contributed by atoms with Gasteiger partial charge in [-0.15, -0.1) is 0 Å². The Morgan fingerprint density at radius 2 is 1.96 bits per heavy atom. The molecule has 7 nitrogen and oxygen atoms in total. The topological polar surface area (TPSA) is 79.8 Å². The molecule has 1 amide bonds. The van der Waals surface area contributed by atoms with Gasteiger partial charge in [-0.2, -0.15) is 0 Å². The molecular formula is C17H16N4O3. The van der Waals surface area contributed by atoms with Crippen molar-refractivity contribution in [1.29, 1.82) is 0 Å². The molecule has 0 aliphatic carbocycles. The van der Waals surface area contributed by atoms with Crippen LogP contribution in [0.15, 0.2) is 53.5 Å². The van der Waals surface area contributed by atoms with E-state index in [9.17, 15) is 14.7 Å². The maximum atomic E-state index is 13.0. The van der Waals surface area contributed by atoms with Gasteiger partial charge >= 0.3 is 11.8 Å². The number of nitrogens with zero attached hydrogens (tertiary/aromatic N) is 4. The first-order valence-electron chi connectivity index (χ1n) is 7.82. The van der Waals surface area contributed by atoms with Crippen molar-refractivity contribution < 1.29 is 9.90 Å². The third kappa shape index (κ3) is 2.17. The number of aromatic nitrogens is 3. The van der Waals surface area contributed by atoms with Crippen LogP contribution in [0, 0.1) is 0 Å². The Morgan fingerprint density at radius 3 is 2.71 bits per heavy atom. The number of carbonyl (C=O) groups is 1. The van der Waals surface area contributed by atoms with Crippen molar-refractivity contribution in [1.82, 2.24) is 18.9 Å². The third-order valence-corrected chi connectivity index (χ3v) is 4.39. The SMILES string of the molecule is O=C(O)N1CCCC1c1nc2cccn2c(=O)n1-c1ccccc1. The van der Waals surface area contributed by atoms with Gasteiger partial charge in [0.1, 0.15) is 11.5 Å². The van der Waals surface area contributed by atoms with Gasteiger partial charge in [0.05, 0.1) is 11.7 Å². The van der Waals surface area contributed by atoms with Crippen LogP contribution in [-0.4, -0.2) is 36.6 Å². The number of carboxylic acid groups (broad SMARTS) is 1. The maximum Gasteiger partial charge on any atom is 0.407 e. The zero-order chi connectivity index (χ0) is 16.7. The summed E-state index contributed by atoms with van der Waals surface area (Å²) in [5, 5.41) is 9.45. The molecule has 3 heterocycles. The smallest absolute Gasteiger partial charge is 0.407 e. The van der Waals surface area contributed by atoms with E-state index >= 15 is 0 Å². The summed E-state index contributed by atoms with van der Waals surface area (Å²) in [6, 6.07) is 12.3. The third-order valence-electron chi connectivity index (χ3n) is 4.39. The molecule has 0 radical (unpaired) electrons. The lowest BCUT2D eigenvalue weighted by molar-refractivity contribution is 0.138. The van der Waals surface area contributed by atoms with E-state index in [1.54, 1.807) is 18.3 Å². The lowest BCUT2D eigenvalue weighted by atomic mass is 10.2. The first-order chi connectivity index (χ1) is 11.7. The van der Waals surface area contributed by atoms with Gasteiger partial charge < -0.3 is 5.11 Å². The molecule has 1 aromatic carbocycles. The van der Waals surface area contributed by atoms with Crippen LogP contribution in [0.25, 0.3) is 11.3 Å². The summed E-state index contributed by atoms with van der Waals surface area (Å²) in [7, 11) is 0. The summed E-state index contributed by atoms with van der Waals surface area (Å²) >= 11 is 0. The molecule has 24 heavy (non-hydrogen) atoms. The number of benzene rings is 1. The summed E-state index contributed by atoms with van der Waals surface area (Å²) in [6.07, 6.45) is 2.09. The zero-order valence-electron chi connectivity index (χ0n) is 12.9. The van der Waals surface area contributed by atoms with Gasteiger partial charge in [0.15, 0.2) is 0 Å². The van der Waals surface area contributed by atoms with E-state index in [4.69, 9.17) is 0 Å². The number of rotatable bonds is 2. The van der Waals surface area contributed by atoms with E-state index < -0.39 is 12.1 Å². The van der Waals surface area contributed by atoms with E-state index in [0.29, 0.717) is 30.1 Å². The summed E-state index contributed by atoms with van der Waals surface area (Å²) in [4.78, 5) is 30.5. The predicted molar refractivity (Wildman–Crippen MR) is 87.5 cm³/mol. The first-order valence-corrected chi connectivity index (χ1v) is 7.82. The number of fused-ring (bicyclic) bond motifs is 1. The van der Waals surface area contributed by atoms with Crippen LogP contribution in [0.5, 0.6) is 0 Å². The molecule has 1 N–H and O–H groups in total. The highest BCUT2D eigenvalue weighted by Gasteiger charge is 2.33. The summed E-state index contributed by atoms with van der Waals surface area (Å²) in [5.41, 5.74) is 0.959. The van der Waals surface area contributed by atoms with E-state index in [-0.39, 0.29) is 5.69 Å². The molecule has 0 bridgehead atoms. The lowest BCUT2D eigenvalue weighted by Gasteiger charge is -2.24. The number of para-hydroxylation sites is 1. The normalized spacial score (nSPS) is 17.5. The summed E-state index contributed by atoms with van der Waals surface area (Å²) in [5.74, 6) is 0.470. The van der Waals surface area contributed by atoms with E-state index in [1.807, 2.05) is 30.3 Å². The van der Waals surface area contributed by atoms with Crippen molar-refractivity contribution in [3.05, 3.63) is 65.0 Å². The fraction of sp³-hybridized carbons (Fsp3) is 0.235. The van der Waals surface area contributed by atoms with E-state index in [0.717, 1.165) is 6.42 Å². The average molecular weight is 324 g/mol. The molecule has 1 atom stereocenters. The molecule has 0 spiro atoms. The average Bonchev–Trinajstić information content (AvgIpc) is 3.24. The van der Waals surface area contributed by atoms with Crippen molar-refractivity contribution in [3.8, 4) is 5.69 Å². The fourth-order valence-electron chi connectivity index (χ4n) is 3.31. The van der Waals surface area contributed by atoms with Crippen LogP contribution in [0.4, 0.5) is 4.79 Å². The minimum absolute atomic E-state index is 0.247. The molecule has 3 aromatic rings. The van der Waals surface area contributed by atoms with E-state index in [1.165, 1.54) is 13.9 Å². The number of hydrogen-bond donors (Lipinski definition) is 1. The van der Waals surface area contributed by atoms with Crippen LogP contribution >= 0.6 is 0 Å². The monoisotopic (exact) mass is 324 g/mol. The van der Waals surface area contributed by atoms with Crippen molar-refractivity contribution in [2.24, 2.45) is 0 Å². The highest BCUT2D eigenvalue weighted by Crippen LogP contribution is 2.31. The molecule has 122 valence electrons. The second kappa shape index (κ2) is 5.52. The number of hydrogen-bond acceptors (Lipinski definition) is 3. The molecule has 1 aliphatic heterocycles. The standard InChI is InChI=1S/C17H16N4O3/c22-16-20-11-5-9-14(20)18-15(13-8-4-10-19(13)17(23)24)21(16)12-6-2-1-3-7-12/h1-3,5-7,9,11,13H,4,8,10H2,(H,23,24). The van der Waals surface area contributed by atoms with Crippen molar-refractivity contribution in [2.75, 3.05) is 6.54 Å². The number of likely N-dealkylation sites (tertiary alicyclic amines) is 1. The molecule has 1 unspecified atom stereocenters. The van der Waals surface area contributed by atoms with Crippen LogP contribution < -0.4 is 5.69 Å². The Bertz CT molecular complexity index is 961. The molecule has 1 aliphatic rings. The summed E-state index contributed by atoms with van der Waals surface area (Å²) < 4.78 is 2.98. The van der Waals surface area contributed by atoms with Crippen molar-refractivity contribution in [3.63, 3.8) is 0 Å². The molecule has 0 saturated carbocycles. The highest BCUT2D eigenvalue weighted by molar-refractivity contribution is 5.66. The summed E-state index contributed by atoms with van der Waals surface area (Å²) in [6.45, 7) is 0.455. The van der Waals surface area contributed by atoms with Crippen LogP contribution in [0.3, 0.4) is 0 Å². The van der Waals surface area contributed by atoms with Gasteiger partial charge in [0, 0.05) is 12.7 Å². The molecule has 1 saturated heterocycles. The quantitative estimate of drug-likeness (QED) is 0.784. The minimum Gasteiger partial charge on any atom is -0.465 e. The highest BCUT2D eigenvalue weighted by atomic mass is 16.4. The Morgan fingerprint density at radius 1 is 1.17 bits per heavy atom. The van der Waals surface area contributed by atoms with E-state index in [2.05, 4.69) is 4.98 Å². The van der Waals surface area contributed by atoms with Crippen molar-refractivity contribution >= 4 is 11.7 Å². The van der Waals surface area contributed by atoms with Crippen molar-refractivity contribution in [2.45, 2.75) is 18.9 Å². The predicted octanol–water partition coefficient (Wildman–Crippen LogP) is 2.30. The minimum atomic E-state index is -0.985. The van der Waals surface area contributed by atoms with Crippen LogP contribution in [0.2, 0.25) is 0 Å². The lowest BCUT2D eigenvalue weighted by Crippen LogP contribution is -2.36. The Balaban J connectivity index is 2.00. The maximum absolute atomic E-state index is 13.0. The van der Waals surface area contributed by atoms with Crippen LogP contribution in [0.1, 0.15) is 24.7 Å². The molecule has 4 rings (SSSR count). The second-order valence-corrected chi connectivity index (χ2v) is 5.79. The van der Waals surface area contributed by atoms with Gasteiger partial charge in [-0.05, 0) is 37.1 Å². The molecular weight excluding hydrogens is 308 g/mol. The van der Waals surface area contributed by atoms with Gasteiger partial charge in [0.2, 0.25) is 0 Å². The molecule has 1 fully saturated rings. The molecule has 7 heteroatoms. The van der Waals surface area contributed by atoms with Gasteiger partial charge in [-0.3, -0.25) is 9.30 Å². The fourth-order valence-corrected chi connectivity index (χ4v) is 3.31. The Hall–Kier alpha value is -3.09. The second-order valence-electron chi connectivity index (χ2n) is 5.79. The number of amides is 1. The zero-order valence-corrected chi connectivity index (χ0v) is 12.9. The Kier molecular flexibility index (Phi) is 3.34. The van der Waals surface area contributed by atoms with Gasteiger partial charge in [0.25, 0.3) is 0 Å². The Labute approximate surface area is 137 Å². The first kappa shape index (κ1) is 14.5. The van der Waals surface area contributed by atoms with Gasteiger partial charge in [-0.1, -0.05) is 18.2 Å². The van der Waals surface area contributed by atoms with Crippen LogP contribution in [-0.2, 0) is 0 Å². The molecule has 2 aromatic heterocycles. The largest absolute Gasteiger partial charge is 0.465 e. The van der Waals surface area contributed by atoms with Gasteiger partial charge in [-0.25, -0.2) is 19.1 Å².